The standard InChI is InChI=1S/C25H15Cl3F6N2O2/c26-16-3-2-14(9-15(16)18(37)7-10-1-4-17(30)22(35)21(10)31)36-23(38)20-19(24(20,27)28)11-5-12(25(32,33)34)8-13(29)6-11/h1-6,8-9,19-20H,7,35H2,(H,36,38)/t19-,20+/m0/s1. The first-order valence-electron chi connectivity index (χ1n) is 10.7. The summed E-state index contributed by atoms with van der Waals surface area (Å²) in [5, 5.41) is 2.42. The highest BCUT2D eigenvalue weighted by molar-refractivity contribution is 6.53. The van der Waals surface area contributed by atoms with Crippen molar-refractivity contribution < 1.29 is 35.9 Å². The van der Waals surface area contributed by atoms with Gasteiger partial charge in [0.05, 0.1) is 16.5 Å². The van der Waals surface area contributed by atoms with Crippen LogP contribution < -0.4 is 11.1 Å². The number of rotatable bonds is 6. The number of hydrogen-bond acceptors (Lipinski definition) is 3. The second kappa shape index (κ2) is 9.98. The smallest absolute Gasteiger partial charge is 0.394 e. The number of nitrogens with one attached hydrogen (secondary N) is 1. The van der Waals surface area contributed by atoms with Crippen molar-refractivity contribution in [3.8, 4) is 0 Å². The maximum atomic E-state index is 14.2. The first kappa shape index (κ1) is 28.1. The molecule has 13 heteroatoms. The van der Waals surface area contributed by atoms with Gasteiger partial charge in [-0.3, -0.25) is 9.59 Å². The number of nitrogens with two attached hydrogens (primary N) is 1. The van der Waals surface area contributed by atoms with Crippen molar-refractivity contribution >= 4 is 57.9 Å². The molecular formula is C25H15Cl3F6N2O2. The minimum Gasteiger partial charge on any atom is -0.394 e. The predicted octanol–water partition coefficient (Wildman–Crippen LogP) is 7.31. The molecular weight excluding hydrogens is 581 g/mol. The van der Waals surface area contributed by atoms with Crippen molar-refractivity contribution in [2.45, 2.75) is 22.8 Å². The normalized spacial score (nSPS) is 18.2. The van der Waals surface area contributed by atoms with E-state index in [2.05, 4.69) is 5.32 Å². The number of benzene rings is 3. The molecule has 4 rings (SSSR count). The van der Waals surface area contributed by atoms with Crippen LogP contribution in [0.4, 0.5) is 37.7 Å². The zero-order valence-corrected chi connectivity index (χ0v) is 21.0. The van der Waals surface area contributed by atoms with Crippen LogP contribution in [0.2, 0.25) is 5.02 Å². The van der Waals surface area contributed by atoms with Gasteiger partial charge in [-0.05, 0) is 53.6 Å². The molecule has 3 aromatic carbocycles. The summed E-state index contributed by atoms with van der Waals surface area (Å²) in [5.41, 5.74) is 2.86. The van der Waals surface area contributed by atoms with Crippen molar-refractivity contribution in [2.75, 3.05) is 11.1 Å². The molecule has 1 aliphatic rings. The molecule has 1 amide bonds. The maximum Gasteiger partial charge on any atom is 0.416 e. The number of Topliss-reactive ketones (excluding diaryl/α,β-unsaturated/α-hetero) is 1. The van der Waals surface area contributed by atoms with Crippen LogP contribution in [0.1, 0.15) is 33.0 Å². The van der Waals surface area contributed by atoms with Gasteiger partial charge in [0.15, 0.2) is 11.6 Å². The van der Waals surface area contributed by atoms with Gasteiger partial charge in [-0.25, -0.2) is 13.2 Å². The maximum absolute atomic E-state index is 14.2. The van der Waals surface area contributed by atoms with Crippen molar-refractivity contribution in [1.82, 2.24) is 0 Å². The summed E-state index contributed by atoms with van der Waals surface area (Å²) in [6.07, 6.45) is -5.36. The summed E-state index contributed by atoms with van der Waals surface area (Å²) in [5.74, 6) is -7.14. The lowest BCUT2D eigenvalue weighted by Gasteiger charge is -2.11. The molecule has 1 saturated carbocycles. The molecule has 3 N–H and O–H groups in total. The van der Waals surface area contributed by atoms with E-state index in [4.69, 9.17) is 40.5 Å². The molecule has 0 aliphatic heterocycles. The first-order valence-corrected chi connectivity index (χ1v) is 11.9. The molecule has 1 aliphatic carbocycles. The third-order valence-electron chi connectivity index (χ3n) is 6.03. The molecule has 3 aromatic rings. The minimum atomic E-state index is -4.83. The highest BCUT2D eigenvalue weighted by Crippen LogP contribution is 2.65. The SMILES string of the molecule is Nc1c(F)ccc(CC(=O)c2cc(NC(=O)[C@H]3[C@H](c4cc(F)cc(C(F)(F)F)c4)C3(Cl)Cl)ccc2Cl)c1F. The zero-order valence-electron chi connectivity index (χ0n) is 18.8. The fraction of sp³-hybridized carbons (Fsp3) is 0.200. The highest BCUT2D eigenvalue weighted by atomic mass is 35.5. The number of carbonyl (C=O) groups excluding carboxylic acids is 2. The third kappa shape index (κ3) is 5.43. The van der Waals surface area contributed by atoms with Crippen LogP contribution >= 0.6 is 34.8 Å². The van der Waals surface area contributed by atoms with Gasteiger partial charge in [-0.15, -0.1) is 23.2 Å². The van der Waals surface area contributed by atoms with Crippen LogP contribution in [0, 0.1) is 23.4 Å². The lowest BCUT2D eigenvalue weighted by Crippen LogP contribution is -2.17. The largest absolute Gasteiger partial charge is 0.416 e. The first-order chi connectivity index (χ1) is 17.6. The summed E-state index contributed by atoms with van der Waals surface area (Å²) < 4.78 is 79.0. The van der Waals surface area contributed by atoms with Gasteiger partial charge >= 0.3 is 6.18 Å². The van der Waals surface area contributed by atoms with Crippen molar-refractivity contribution in [1.29, 1.82) is 0 Å². The van der Waals surface area contributed by atoms with E-state index in [9.17, 15) is 35.9 Å². The molecule has 2 atom stereocenters. The molecule has 1 fully saturated rings. The molecule has 0 spiro atoms. The van der Waals surface area contributed by atoms with Crippen LogP contribution in [0.3, 0.4) is 0 Å². The van der Waals surface area contributed by atoms with Gasteiger partial charge < -0.3 is 11.1 Å². The number of carbonyl (C=O) groups is 2. The number of amides is 1. The molecule has 0 aromatic heterocycles. The lowest BCUT2D eigenvalue weighted by molar-refractivity contribution is -0.137. The number of alkyl halides is 5. The Morgan fingerprint density at radius 3 is 2.34 bits per heavy atom. The second-order valence-corrected chi connectivity index (χ2v) is 10.5. The Bertz CT molecular complexity index is 1460. The Hall–Kier alpha value is -2.95. The quantitative estimate of drug-likeness (QED) is 0.136. The predicted molar refractivity (Wildman–Crippen MR) is 131 cm³/mol. The van der Waals surface area contributed by atoms with Crippen LogP contribution in [-0.2, 0) is 17.4 Å². The van der Waals surface area contributed by atoms with E-state index in [1.54, 1.807) is 0 Å². The molecule has 38 heavy (non-hydrogen) atoms. The van der Waals surface area contributed by atoms with Crippen molar-refractivity contribution in [3.05, 3.63) is 93.3 Å². The van der Waals surface area contributed by atoms with Gasteiger partial charge in [-0.2, -0.15) is 13.2 Å². The van der Waals surface area contributed by atoms with Gasteiger partial charge in [0.2, 0.25) is 5.91 Å². The number of ketones is 1. The summed E-state index contributed by atoms with van der Waals surface area (Å²) in [4.78, 5) is 25.7. The van der Waals surface area contributed by atoms with Gasteiger partial charge in [0, 0.05) is 23.6 Å². The van der Waals surface area contributed by atoms with Gasteiger partial charge in [0.1, 0.15) is 21.7 Å². The molecule has 0 bridgehead atoms. The monoisotopic (exact) mass is 594 g/mol. The van der Waals surface area contributed by atoms with E-state index in [0.29, 0.717) is 12.1 Å². The average molecular weight is 596 g/mol. The molecule has 0 heterocycles. The summed E-state index contributed by atoms with van der Waals surface area (Å²) in [7, 11) is 0. The van der Waals surface area contributed by atoms with Gasteiger partial charge in [-0.1, -0.05) is 17.7 Å². The Morgan fingerprint density at radius 2 is 1.68 bits per heavy atom. The Balaban J connectivity index is 1.54. The van der Waals surface area contributed by atoms with E-state index < -0.39 is 69.2 Å². The van der Waals surface area contributed by atoms with Crippen LogP contribution in [0.5, 0.6) is 0 Å². The number of halogens is 9. The van der Waals surface area contributed by atoms with E-state index in [-0.39, 0.29) is 27.4 Å². The Morgan fingerprint density at radius 1 is 1.00 bits per heavy atom. The summed E-state index contributed by atoms with van der Waals surface area (Å²) in [6, 6.07) is 7.56. The van der Waals surface area contributed by atoms with Crippen LogP contribution in [0.15, 0.2) is 48.5 Å². The summed E-state index contributed by atoms with van der Waals surface area (Å²) >= 11 is 18.5. The molecule has 4 nitrogen and oxygen atoms in total. The van der Waals surface area contributed by atoms with E-state index in [0.717, 1.165) is 18.2 Å². The highest BCUT2D eigenvalue weighted by Gasteiger charge is 2.67. The fourth-order valence-electron chi connectivity index (χ4n) is 4.08. The van der Waals surface area contributed by atoms with Crippen molar-refractivity contribution in [2.24, 2.45) is 5.92 Å². The Kier molecular flexibility index (Phi) is 7.37. The molecule has 0 unspecified atom stereocenters. The molecule has 0 radical (unpaired) electrons. The number of nitrogen functional groups attached to an aromatic ring is 1. The van der Waals surface area contributed by atoms with E-state index in [1.807, 2.05) is 0 Å². The minimum absolute atomic E-state index is 0.0312. The molecule has 200 valence electrons. The number of hydrogen-bond donors (Lipinski definition) is 2. The number of anilines is 2. The third-order valence-corrected chi connectivity index (χ3v) is 7.30. The van der Waals surface area contributed by atoms with Gasteiger partial charge in [0.25, 0.3) is 0 Å². The fourth-order valence-corrected chi connectivity index (χ4v) is 5.13. The average Bonchev–Trinajstić information content (AvgIpc) is 3.41. The second-order valence-electron chi connectivity index (χ2n) is 8.62. The van der Waals surface area contributed by atoms with E-state index in [1.165, 1.54) is 18.2 Å². The van der Waals surface area contributed by atoms with E-state index >= 15 is 0 Å². The zero-order chi connectivity index (χ0) is 28.2. The summed E-state index contributed by atoms with van der Waals surface area (Å²) in [6.45, 7) is 0. The molecule has 0 saturated heterocycles. The topological polar surface area (TPSA) is 72.2 Å². The van der Waals surface area contributed by atoms with Crippen LogP contribution in [0.25, 0.3) is 0 Å². The Labute approximate surface area is 226 Å². The lowest BCUT2D eigenvalue weighted by atomic mass is 10.0. The van der Waals surface area contributed by atoms with Crippen LogP contribution in [-0.4, -0.2) is 16.0 Å². The van der Waals surface area contributed by atoms with Crippen molar-refractivity contribution in [3.63, 3.8) is 0 Å².